The Morgan fingerprint density at radius 3 is 2.08 bits per heavy atom. The van der Waals surface area contributed by atoms with Gasteiger partial charge in [0.2, 0.25) is 5.91 Å². The number of hydrogen-bond acceptors (Lipinski definition) is 3. The molecule has 0 bridgehead atoms. The minimum Gasteiger partial charge on any atom is -0.368 e. The van der Waals surface area contributed by atoms with Gasteiger partial charge in [-0.15, -0.1) is 0 Å². The Balaban J connectivity index is 1.24. The summed E-state index contributed by atoms with van der Waals surface area (Å²) in [5.41, 5.74) is 2.27. The van der Waals surface area contributed by atoms with Crippen LogP contribution in [0.1, 0.15) is 128 Å². The SMILES string of the molecule is CCCCCCCCCCCCCCCCCCn1c(CCNC(=O)C2CCCO2)nc2ccccc21. The number of benzene rings is 1. The number of fused-ring (bicyclic) bond motifs is 1. The number of nitrogens with zero attached hydrogens (tertiary/aromatic N) is 2. The van der Waals surface area contributed by atoms with Gasteiger partial charge in [0.15, 0.2) is 0 Å². The highest BCUT2D eigenvalue weighted by Crippen LogP contribution is 2.19. The Morgan fingerprint density at radius 1 is 0.892 bits per heavy atom. The smallest absolute Gasteiger partial charge is 0.249 e. The lowest BCUT2D eigenvalue weighted by atomic mass is 10.0. The van der Waals surface area contributed by atoms with Gasteiger partial charge in [0.25, 0.3) is 0 Å². The molecular formula is C32H53N3O2. The van der Waals surface area contributed by atoms with Crippen LogP contribution in [0.3, 0.4) is 0 Å². The van der Waals surface area contributed by atoms with Crippen LogP contribution in [0.15, 0.2) is 24.3 Å². The zero-order valence-electron chi connectivity index (χ0n) is 23.7. The van der Waals surface area contributed by atoms with Gasteiger partial charge in [-0.1, -0.05) is 115 Å². The van der Waals surface area contributed by atoms with Gasteiger partial charge in [0.1, 0.15) is 11.9 Å². The number of hydrogen-bond donors (Lipinski definition) is 1. The van der Waals surface area contributed by atoms with Crippen LogP contribution in [-0.2, 0) is 22.5 Å². The molecule has 3 rings (SSSR count). The van der Waals surface area contributed by atoms with Crippen molar-refractivity contribution >= 4 is 16.9 Å². The van der Waals surface area contributed by atoms with E-state index in [0.29, 0.717) is 13.2 Å². The van der Waals surface area contributed by atoms with Gasteiger partial charge in [0, 0.05) is 26.1 Å². The predicted molar refractivity (Wildman–Crippen MR) is 155 cm³/mol. The highest BCUT2D eigenvalue weighted by molar-refractivity contribution is 5.81. The third-order valence-electron chi connectivity index (χ3n) is 7.84. The van der Waals surface area contributed by atoms with Crippen molar-refractivity contribution in [1.29, 1.82) is 0 Å². The largest absolute Gasteiger partial charge is 0.368 e. The maximum atomic E-state index is 12.3. The van der Waals surface area contributed by atoms with Crippen molar-refractivity contribution in [1.82, 2.24) is 14.9 Å². The Hall–Kier alpha value is -1.88. The first-order valence-corrected chi connectivity index (χ1v) is 15.6. The fourth-order valence-electron chi connectivity index (χ4n) is 5.58. The average Bonchev–Trinajstić information content (AvgIpc) is 3.57. The molecule has 0 aliphatic carbocycles. The first-order valence-electron chi connectivity index (χ1n) is 15.6. The van der Waals surface area contributed by atoms with E-state index in [9.17, 15) is 4.79 Å². The number of ether oxygens (including phenoxy) is 1. The summed E-state index contributed by atoms with van der Waals surface area (Å²) in [6.45, 7) is 4.61. The highest BCUT2D eigenvalue weighted by Gasteiger charge is 2.23. The molecule has 1 fully saturated rings. The second-order valence-corrected chi connectivity index (χ2v) is 11.0. The summed E-state index contributed by atoms with van der Waals surface area (Å²) in [7, 11) is 0. The van der Waals surface area contributed by atoms with E-state index in [1.54, 1.807) is 0 Å². The quantitative estimate of drug-likeness (QED) is 0.172. The molecule has 1 aliphatic heterocycles. The molecule has 1 N–H and O–H groups in total. The van der Waals surface area contributed by atoms with Gasteiger partial charge in [-0.05, 0) is 31.4 Å². The van der Waals surface area contributed by atoms with E-state index in [-0.39, 0.29) is 12.0 Å². The summed E-state index contributed by atoms with van der Waals surface area (Å²) in [5.74, 6) is 1.10. The molecule has 2 heterocycles. The molecule has 0 radical (unpaired) electrons. The third kappa shape index (κ3) is 11.2. The molecule has 1 aromatic heterocycles. The van der Waals surface area contributed by atoms with Gasteiger partial charge in [0.05, 0.1) is 11.0 Å². The Labute approximate surface area is 226 Å². The second-order valence-electron chi connectivity index (χ2n) is 11.0. The van der Waals surface area contributed by atoms with Crippen LogP contribution in [0.5, 0.6) is 0 Å². The van der Waals surface area contributed by atoms with E-state index in [1.165, 1.54) is 108 Å². The van der Waals surface area contributed by atoms with Crippen molar-refractivity contribution < 1.29 is 9.53 Å². The molecule has 5 nitrogen and oxygen atoms in total. The van der Waals surface area contributed by atoms with Crippen molar-refractivity contribution in [3.8, 4) is 0 Å². The molecule has 0 saturated carbocycles. The summed E-state index contributed by atoms with van der Waals surface area (Å²) in [5, 5.41) is 3.05. The van der Waals surface area contributed by atoms with Crippen LogP contribution in [-0.4, -0.2) is 34.7 Å². The number of amides is 1. The van der Waals surface area contributed by atoms with Crippen LogP contribution in [0.25, 0.3) is 11.0 Å². The molecule has 37 heavy (non-hydrogen) atoms. The standard InChI is InChI=1S/C32H53N3O2/c1-2-3-4-5-6-7-8-9-10-11-12-13-14-15-16-19-26-35-29-22-18-17-21-28(29)34-31(35)24-25-33-32(36)30-23-20-27-37-30/h17-18,21-22,30H,2-16,19-20,23-27H2,1H3,(H,33,36). The number of carbonyl (C=O) groups is 1. The number of unbranched alkanes of at least 4 members (excludes halogenated alkanes) is 15. The van der Waals surface area contributed by atoms with Gasteiger partial charge in [-0.3, -0.25) is 4.79 Å². The highest BCUT2D eigenvalue weighted by atomic mass is 16.5. The zero-order chi connectivity index (χ0) is 26.0. The molecule has 1 saturated heterocycles. The molecule has 2 aromatic rings. The Kier molecular flexibility index (Phi) is 14.7. The lowest BCUT2D eigenvalue weighted by Gasteiger charge is -2.12. The van der Waals surface area contributed by atoms with Crippen LogP contribution in [0.2, 0.25) is 0 Å². The molecule has 0 spiro atoms. The van der Waals surface area contributed by atoms with Gasteiger partial charge in [-0.25, -0.2) is 4.98 Å². The minimum absolute atomic E-state index is 0.0259. The summed E-state index contributed by atoms with van der Waals surface area (Å²) in [6.07, 6.45) is 24.5. The number of aromatic nitrogens is 2. The molecule has 1 unspecified atom stereocenters. The molecule has 208 valence electrons. The maximum Gasteiger partial charge on any atom is 0.249 e. The van der Waals surface area contributed by atoms with Crippen molar-refractivity contribution in [2.75, 3.05) is 13.2 Å². The van der Waals surface area contributed by atoms with Crippen molar-refractivity contribution in [2.45, 2.75) is 142 Å². The molecule has 1 aromatic carbocycles. The van der Waals surface area contributed by atoms with E-state index in [0.717, 1.165) is 37.1 Å². The number of carbonyl (C=O) groups excluding carboxylic acids is 1. The summed E-state index contributed by atoms with van der Waals surface area (Å²) in [4.78, 5) is 17.1. The number of nitrogens with one attached hydrogen (secondary N) is 1. The van der Waals surface area contributed by atoms with Crippen LogP contribution in [0.4, 0.5) is 0 Å². The number of imidazole rings is 1. The minimum atomic E-state index is -0.260. The van der Waals surface area contributed by atoms with Crippen LogP contribution >= 0.6 is 0 Å². The summed E-state index contributed by atoms with van der Waals surface area (Å²) < 4.78 is 7.87. The number of rotatable bonds is 21. The van der Waals surface area contributed by atoms with E-state index in [1.807, 2.05) is 0 Å². The molecular weight excluding hydrogens is 458 g/mol. The van der Waals surface area contributed by atoms with Gasteiger partial charge in [-0.2, -0.15) is 0 Å². The fraction of sp³-hybridized carbons (Fsp3) is 0.750. The molecule has 1 amide bonds. The number of para-hydroxylation sites is 2. The van der Waals surface area contributed by atoms with Crippen molar-refractivity contribution in [3.63, 3.8) is 0 Å². The molecule has 5 heteroatoms. The molecule has 1 aliphatic rings. The average molecular weight is 512 g/mol. The maximum absolute atomic E-state index is 12.3. The number of aryl methyl sites for hydroxylation is 1. The van der Waals surface area contributed by atoms with Gasteiger partial charge < -0.3 is 14.6 Å². The van der Waals surface area contributed by atoms with Crippen LogP contribution in [0, 0.1) is 0 Å². The Bertz CT molecular complexity index is 872. The van der Waals surface area contributed by atoms with Crippen molar-refractivity contribution in [3.05, 3.63) is 30.1 Å². The normalized spacial score (nSPS) is 15.5. The lowest BCUT2D eigenvalue weighted by molar-refractivity contribution is -0.130. The summed E-state index contributed by atoms with van der Waals surface area (Å²) in [6, 6.07) is 8.41. The predicted octanol–water partition coefficient (Wildman–Crippen LogP) is 8.14. The molecule has 1 atom stereocenters. The third-order valence-corrected chi connectivity index (χ3v) is 7.84. The zero-order valence-corrected chi connectivity index (χ0v) is 23.7. The first kappa shape index (κ1) is 29.7. The second kappa shape index (κ2) is 18.4. The first-order chi connectivity index (χ1) is 18.3. The monoisotopic (exact) mass is 511 g/mol. The van der Waals surface area contributed by atoms with E-state index in [4.69, 9.17) is 9.72 Å². The fourth-order valence-corrected chi connectivity index (χ4v) is 5.58. The van der Waals surface area contributed by atoms with Crippen molar-refractivity contribution in [2.24, 2.45) is 0 Å². The van der Waals surface area contributed by atoms with Crippen LogP contribution < -0.4 is 5.32 Å². The Morgan fingerprint density at radius 2 is 1.49 bits per heavy atom. The van der Waals surface area contributed by atoms with E-state index >= 15 is 0 Å². The van der Waals surface area contributed by atoms with Gasteiger partial charge >= 0.3 is 0 Å². The van der Waals surface area contributed by atoms with E-state index < -0.39 is 0 Å². The topological polar surface area (TPSA) is 56.2 Å². The lowest BCUT2D eigenvalue weighted by Crippen LogP contribution is -2.35. The summed E-state index contributed by atoms with van der Waals surface area (Å²) >= 11 is 0. The van der Waals surface area contributed by atoms with E-state index in [2.05, 4.69) is 41.1 Å².